The highest BCUT2D eigenvalue weighted by atomic mass is 15.1. The van der Waals surface area contributed by atoms with Crippen LogP contribution in [0.2, 0.25) is 0 Å². The predicted octanol–water partition coefficient (Wildman–Crippen LogP) is 15.4. The van der Waals surface area contributed by atoms with Crippen LogP contribution in [0.25, 0.3) is 33.4 Å². The van der Waals surface area contributed by atoms with E-state index in [1.54, 1.807) is 0 Å². The molecule has 2 atom stereocenters. The van der Waals surface area contributed by atoms with Gasteiger partial charge < -0.3 is 4.90 Å². The number of nitrogens with zero attached hydrogens (tertiary/aromatic N) is 1. The molecule has 1 heteroatoms. The van der Waals surface area contributed by atoms with E-state index >= 15 is 0 Å². The Balaban J connectivity index is 1.10. The summed E-state index contributed by atoms with van der Waals surface area (Å²) in [4.78, 5) is 2.48. The summed E-state index contributed by atoms with van der Waals surface area (Å²) < 4.78 is 0. The molecule has 288 valence electrons. The SMILES string of the molecule is CC1(C)c2ccccc2-c2ccc(N(c3ccc(-c4ccc(-c5ccccc5)cc4)cc3)c3ccc4c(c3)C(c3ccccc3)(c3ccccc3)C3(C)C=CC=CC43)cc21. The quantitative estimate of drug-likeness (QED) is 0.156. The fourth-order valence-corrected chi connectivity index (χ4v) is 11.1. The third-order valence-corrected chi connectivity index (χ3v) is 14.0. The minimum atomic E-state index is -0.435. The van der Waals surface area contributed by atoms with Gasteiger partial charge in [0.25, 0.3) is 0 Å². The van der Waals surface area contributed by atoms with Crippen molar-refractivity contribution in [3.63, 3.8) is 0 Å². The highest BCUT2D eigenvalue weighted by molar-refractivity contribution is 5.87. The molecule has 0 amide bonds. The van der Waals surface area contributed by atoms with Crippen LogP contribution in [0.5, 0.6) is 0 Å². The van der Waals surface area contributed by atoms with Crippen LogP contribution in [-0.2, 0) is 10.8 Å². The van der Waals surface area contributed by atoms with E-state index in [0.717, 1.165) is 17.1 Å². The average molecular weight is 770 g/mol. The Morgan fingerprint density at radius 2 is 0.883 bits per heavy atom. The topological polar surface area (TPSA) is 3.24 Å². The van der Waals surface area contributed by atoms with Gasteiger partial charge in [0.15, 0.2) is 0 Å². The molecule has 8 aromatic carbocycles. The second-order valence-electron chi connectivity index (χ2n) is 17.5. The Bertz CT molecular complexity index is 2900. The van der Waals surface area contributed by atoms with Crippen molar-refractivity contribution in [1.29, 1.82) is 0 Å². The van der Waals surface area contributed by atoms with Crippen molar-refractivity contribution in [1.82, 2.24) is 0 Å². The zero-order valence-corrected chi connectivity index (χ0v) is 34.4. The van der Waals surface area contributed by atoms with Gasteiger partial charge in [-0.2, -0.15) is 0 Å². The van der Waals surface area contributed by atoms with E-state index in [2.05, 4.69) is 250 Å². The maximum Gasteiger partial charge on any atom is 0.0551 e. The van der Waals surface area contributed by atoms with Crippen LogP contribution >= 0.6 is 0 Å². The summed E-state index contributed by atoms with van der Waals surface area (Å²) >= 11 is 0. The summed E-state index contributed by atoms with van der Waals surface area (Å²) in [6.45, 7) is 7.22. The first-order valence-corrected chi connectivity index (χ1v) is 21.3. The molecule has 0 aliphatic heterocycles. The van der Waals surface area contributed by atoms with E-state index in [1.165, 1.54) is 66.8 Å². The van der Waals surface area contributed by atoms with E-state index in [1.807, 2.05) is 0 Å². The first-order valence-electron chi connectivity index (χ1n) is 21.3. The molecule has 8 aromatic rings. The maximum absolute atomic E-state index is 2.52. The zero-order valence-electron chi connectivity index (χ0n) is 34.4. The summed E-state index contributed by atoms with van der Waals surface area (Å²) in [5.74, 6) is 0.215. The van der Waals surface area contributed by atoms with Gasteiger partial charge in [-0.1, -0.05) is 209 Å². The van der Waals surface area contributed by atoms with Gasteiger partial charge in [-0.05, 0) is 103 Å². The molecule has 3 aliphatic carbocycles. The van der Waals surface area contributed by atoms with Gasteiger partial charge in [-0.3, -0.25) is 0 Å². The molecule has 0 saturated heterocycles. The number of hydrogen-bond acceptors (Lipinski definition) is 1. The van der Waals surface area contributed by atoms with Crippen molar-refractivity contribution < 1.29 is 0 Å². The van der Waals surface area contributed by atoms with Gasteiger partial charge in [-0.15, -0.1) is 0 Å². The van der Waals surface area contributed by atoms with Crippen LogP contribution in [0.1, 0.15) is 60.1 Å². The molecule has 0 spiro atoms. The van der Waals surface area contributed by atoms with Gasteiger partial charge in [0.05, 0.1) is 5.41 Å². The highest BCUT2D eigenvalue weighted by Crippen LogP contribution is 2.67. The number of allylic oxidation sites excluding steroid dienone is 4. The number of hydrogen-bond donors (Lipinski definition) is 0. The molecule has 60 heavy (non-hydrogen) atoms. The van der Waals surface area contributed by atoms with Crippen molar-refractivity contribution in [3.05, 3.63) is 258 Å². The van der Waals surface area contributed by atoms with Crippen LogP contribution in [-0.4, -0.2) is 0 Å². The lowest BCUT2D eigenvalue weighted by atomic mass is 9.54. The Morgan fingerprint density at radius 1 is 0.400 bits per heavy atom. The van der Waals surface area contributed by atoms with Gasteiger partial charge in [0, 0.05) is 33.8 Å². The van der Waals surface area contributed by atoms with Crippen molar-refractivity contribution in [2.45, 2.75) is 37.5 Å². The molecule has 0 N–H and O–H groups in total. The standard InChI is InChI=1S/C59H47N/c1-57(2)53-24-14-13-23-50(53)51-36-34-48(39-55(51)57)60(47-32-30-44(31-33-47)43-28-26-42(27-29-43)41-17-7-4-8-18-41)49-35-37-52-54-25-15-16-38-58(54,3)59(56(52)40-49,45-19-9-5-10-20-45)46-21-11-6-12-22-46/h4-40,54H,1-3H3. The Hall–Kier alpha value is -6.96. The molecule has 11 rings (SSSR count). The Morgan fingerprint density at radius 3 is 1.52 bits per heavy atom. The summed E-state index contributed by atoms with van der Waals surface area (Å²) in [5.41, 5.74) is 18.2. The zero-order chi connectivity index (χ0) is 40.5. The third-order valence-electron chi connectivity index (χ3n) is 14.0. The van der Waals surface area contributed by atoms with E-state index in [-0.39, 0.29) is 16.7 Å². The molecule has 0 fully saturated rings. The predicted molar refractivity (Wildman–Crippen MR) is 251 cm³/mol. The second kappa shape index (κ2) is 13.8. The number of anilines is 3. The normalized spacial score (nSPS) is 18.6. The summed E-state index contributed by atoms with van der Waals surface area (Å²) in [5, 5.41) is 0. The van der Waals surface area contributed by atoms with Gasteiger partial charge in [-0.25, -0.2) is 0 Å². The largest absolute Gasteiger partial charge is 0.310 e. The van der Waals surface area contributed by atoms with E-state index in [9.17, 15) is 0 Å². The summed E-state index contributed by atoms with van der Waals surface area (Å²) in [7, 11) is 0. The Labute approximate surface area is 354 Å². The molecule has 0 bridgehead atoms. The first-order chi connectivity index (χ1) is 29.4. The molecule has 0 radical (unpaired) electrons. The third kappa shape index (κ3) is 5.32. The van der Waals surface area contributed by atoms with Crippen LogP contribution in [0.15, 0.2) is 224 Å². The van der Waals surface area contributed by atoms with Crippen molar-refractivity contribution in [3.8, 4) is 33.4 Å². The first kappa shape index (κ1) is 36.1. The molecule has 0 saturated carbocycles. The number of fused-ring (bicyclic) bond motifs is 6. The maximum atomic E-state index is 2.52. The van der Waals surface area contributed by atoms with Crippen molar-refractivity contribution in [2.24, 2.45) is 5.41 Å². The molecule has 0 aromatic heterocycles. The number of benzene rings is 8. The Kier molecular flexibility index (Phi) is 8.33. The summed E-state index contributed by atoms with van der Waals surface area (Å²) in [6.07, 6.45) is 9.40. The second-order valence-corrected chi connectivity index (χ2v) is 17.5. The molecule has 3 aliphatic rings. The van der Waals surface area contributed by atoms with Crippen LogP contribution in [0.4, 0.5) is 17.1 Å². The van der Waals surface area contributed by atoms with Crippen molar-refractivity contribution >= 4 is 17.1 Å². The molecule has 0 heterocycles. The fourth-order valence-electron chi connectivity index (χ4n) is 11.1. The van der Waals surface area contributed by atoms with Gasteiger partial charge in [0.2, 0.25) is 0 Å². The molecule has 1 nitrogen and oxygen atoms in total. The molecule has 2 unspecified atom stereocenters. The van der Waals surface area contributed by atoms with Crippen molar-refractivity contribution in [2.75, 3.05) is 4.90 Å². The monoisotopic (exact) mass is 769 g/mol. The molecular weight excluding hydrogens is 723 g/mol. The summed E-state index contributed by atoms with van der Waals surface area (Å²) in [6, 6.07) is 74.5. The minimum Gasteiger partial charge on any atom is -0.310 e. The number of rotatable bonds is 7. The molecular formula is C59H47N. The van der Waals surface area contributed by atoms with E-state index in [4.69, 9.17) is 0 Å². The van der Waals surface area contributed by atoms with Crippen LogP contribution in [0.3, 0.4) is 0 Å². The fraction of sp³-hybridized carbons (Fsp3) is 0.119. The lowest BCUT2D eigenvalue weighted by Crippen LogP contribution is -2.43. The smallest absolute Gasteiger partial charge is 0.0551 e. The van der Waals surface area contributed by atoms with Crippen LogP contribution < -0.4 is 4.90 Å². The van der Waals surface area contributed by atoms with Crippen LogP contribution in [0, 0.1) is 5.41 Å². The lowest BCUT2D eigenvalue weighted by Gasteiger charge is -2.47. The minimum absolute atomic E-state index is 0.125. The highest BCUT2D eigenvalue weighted by Gasteiger charge is 2.60. The van der Waals surface area contributed by atoms with Gasteiger partial charge >= 0.3 is 0 Å². The lowest BCUT2D eigenvalue weighted by molar-refractivity contribution is 0.289. The van der Waals surface area contributed by atoms with E-state index in [0.29, 0.717) is 0 Å². The van der Waals surface area contributed by atoms with Gasteiger partial charge in [0.1, 0.15) is 0 Å². The van der Waals surface area contributed by atoms with E-state index < -0.39 is 5.41 Å². The average Bonchev–Trinajstić information content (AvgIpc) is 3.68.